The van der Waals surface area contributed by atoms with Crippen LogP contribution in [0.2, 0.25) is 0 Å². The van der Waals surface area contributed by atoms with Gasteiger partial charge >= 0.3 is 0 Å². The molecular weight excluding hydrogens is 418 g/mol. The van der Waals surface area contributed by atoms with Gasteiger partial charge in [-0.1, -0.05) is 34.5 Å². The number of rotatable bonds is 3. The highest BCUT2D eigenvalue weighted by Gasteiger charge is 2.43. The fraction of sp³-hybridized carbons (Fsp3) is 0.286. The molecule has 7 heteroatoms. The number of carbonyl (C=O) groups is 1. The van der Waals surface area contributed by atoms with Gasteiger partial charge in [0.2, 0.25) is 11.9 Å². The lowest BCUT2D eigenvalue weighted by Crippen LogP contribution is -2.58. The van der Waals surface area contributed by atoms with E-state index in [2.05, 4.69) is 20.9 Å². The molecule has 0 aromatic heterocycles. The molecule has 28 heavy (non-hydrogen) atoms. The second kappa shape index (κ2) is 7.39. The second-order valence-corrected chi connectivity index (χ2v) is 8.09. The normalized spacial score (nSPS) is 18.5. The van der Waals surface area contributed by atoms with E-state index < -0.39 is 5.66 Å². The van der Waals surface area contributed by atoms with Crippen LogP contribution >= 0.6 is 15.9 Å². The molecule has 1 saturated carbocycles. The van der Waals surface area contributed by atoms with Crippen molar-refractivity contribution in [2.24, 2.45) is 21.5 Å². The predicted octanol–water partition coefficient (Wildman–Crippen LogP) is 3.79. The van der Waals surface area contributed by atoms with E-state index in [-0.39, 0.29) is 17.7 Å². The molecule has 1 fully saturated rings. The first-order chi connectivity index (χ1) is 13.5. The van der Waals surface area contributed by atoms with Crippen LogP contribution in [0.15, 0.2) is 63.0 Å². The Labute approximate surface area is 172 Å². The van der Waals surface area contributed by atoms with Crippen LogP contribution in [-0.4, -0.2) is 23.4 Å². The number of hydrogen-bond acceptors (Lipinski definition) is 6. The second-order valence-electron chi connectivity index (χ2n) is 7.17. The Balaban J connectivity index is 1.81. The van der Waals surface area contributed by atoms with Crippen molar-refractivity contribution in [3.8, 4) is 0 Å². The molecule has 0 bridgehead atoms. The van der Waals surface area contributed by atoms with Gasteiger partial charge in [-0.05, 0) is 62.1 Å². The van der Waals surface area contributed by atoms with E-state index in [0.717, 1.165) is 42.3 Å². The number of nitrogens with two attached hydrogens (primary N) is 2. The van der Waals surface area contributed by atoms with Crippen LogP contribution in [0.5, 0.6) is 0 Å². The molecule has 144 valence electrons. The summed E-state index contributed by atoms with van der Waals surface area (Å²) in [5.41, 5.74) is 13.6. The molecule has 0 atom stereocenters. The van der Waals surface area contributed by atoms with Crippen molar-refractivity contribution in [2.45, 2.75) is 37.8 Å². The average Bonchev–Trinajstić information content (AvgIpc) is 2.68. The predicted molar refractivity (Wildman–Crippen MR) is 116 cm³/mol. The molecule has 4 N–H and O–H groups in total. The number of halogens is 1. The minimum atomic E-state index is -0.579. The number of aliphatic imine (C=N–C) groups is 2. The van der Waals surface area contributed by atoms with Crippen LogP contribution in [0.25, 0.3) is 0 Å². The highest BCUT2D eigenvalue weighted by atomic mass is 79.9. The van der Waals surface area contributed by atoms with Crippen LogP contribution in [-0.2, 0) is 0 Å². The quantitative estimate of drug-likeness (QED) is 0.710. The van der Waals surface area contributed by atoms with Crippen molar-refractivity contribution in [2.75, 3.05) is 4.90 Å². The number of hydrogen-bond donors (Lipinski definition) is 2. The Bertz CT molecular complexity index is 961. The Morgan fingerprint density at radius 1 is 1.00 bits per heavy atom. The lowest BCUT2D eigenvalue weighted by molar-refractivity contribution is 0.103. The summed E-state index contributed by atoms with van der Waals surface area (Å²) in [6.45, 7) is 0. The van der Waals surface area contributed by atoms with Crippen molar-refractivity contribution in [3.05, 3.63) is 64.1 Å². The fourth-order valence-corrected chi connectivity index (χ4v) is 4.35. The van der Waals surface area contributed by atoms with Gasteiger partial charge in [-0.15, -0.1) is 0 Å². The third-order valence-electron chi connectivity index (χ3n) is 5.35. The number of ketones is 1. The molecule has 2 aliphatic rings. The third-order valence-corrected chi connectivity index (χ3v) is 5.88. The van der Waals surface area contributed by atoms with E-state index in [1.165, 1.54) is 0 Å². The molecule has 1 aliphatic heterocycles. The lowest BCUT2D eigenvalue weighted by Gasteiger charge is -2.46. The molecule has 1 heterocycles. The molecule has 0 amide bonds. The van der Waals surface area contributed by atoms with E-state index in [1.54, 1.807) is 0 Å². The van der Waals surface area contributed by atoms with Crippen LogP contribution < -0.4 is 16.4 Å². The van der Waals surface area contributed by atoms with Gasteiger partial charge in [0.25, 0.3) is 0 Å². The van der Waals surface area contributed by atoms with Gasteiger partial charge in [0.05, 0.1) is 5.69 Å². The molecule has 2 aromatic carbocycles. The number of para-hydroxylation sites is 1. The minimum Gasteiger partial charge on any atom is -0.369 e. The number of anilines is 1. The van der Waals surface area contributed by atoms with Crippen LogP contribution in [0.1, 0.15) is 48.0 Å². The minimum absolute atomic E-state index is 0.0654. The first kappa shape index (κ1) is 18.7. The van der Waals surface area contributed by atoms with Crippen molar-refractivity contribution in [1.29, 1.82) is 0 Å². The standard InChI is InChI=1S/C21H22BrN5O/c22-15-10-8-14(9-11-15)18(28)16-6-2-3-7-17(16)27-20(24)25-19(23)26-21(27)12-4-1-5-13-21/h2-3,6-11H,1,4-5,12-13H2,(H4,23,24,25,26). The summed E-state index contributed by atoms with van der Waals surface area (Å²) in [7, 11) is 0. The maximum absolute atomic E-state index is 13.3. The Hall–Kier alpha value is -2.67. The summed E-state index contributed by atoms with van der Waals surface area (Å²) in [6.07, 6.45) is 4.86. The first-order valence-corrected chi connectivity index (χ1v) is 10.2. The van der Waals surface area contributed by atoms with Gasteiger partial charge in [-0.25, -0.2) is 4.99 Å². The summed E-state index contributed by atoms with van der Waals surface area (Å²) >= 11 is 3.41. The molecule has 6 nitrogen and oxygen atoms in total. The maximum Gasteiger partial charge on any atom is 0.220 e. The molecular formula is C21H22BrN5O. The van der Waals surface area contributed by atoms with Gasteiger partial charge in [-0.2, -0.15) is 4.99 Å². The Morgan fingerprint density at radius 2 is 1.68 bits per heavy atom. The van der Waals surface area contributed by atoms with Crippen molar-refractivity contribution < 1.29 is 4.79 Å². The maximum atomic E-state index is 13.3. The molecule has 2 aromatic rings. The van der Waals surface area contributed by atoms with Gasteiger partial charge in [0.1, 0.15) is 5.66 Å². The number of carbonyl (C=O) groups excluding carboxylic acids is 1. The molecule has 0 radical (unpaired) electrons. The molecule has 1 aliphatic carbocycles. The van der Waals surface area contributed by atoms with Crippen molar-refractivity contribution >= 4 is 39.3 Å². The fourth-order valence-electron chi connectivity index (χ4n) is 4.09. The van der Waals surface area contributed by atoms with E-state index in [0.29, 0.717) is 11.1 Å². The van der Waals surface area contributed by atoms with Crippen LogP contribution in [0, 0.1) is 0 Å². The summed E-state index contributed by atoms with van der Waals surface area (Å²) in [6, 6.07) is 14.8. The monoisotopic (exact) mass is 439 g/mol. The number of nitrogens with zero attached hydrogens (tertiary/aromatic N) is 3. The highest BCUT2D eigenvalue weighted by Crippen LogP contribution is 2.40. The average molecular weight is 440 g/mol. The zero-order valence-electron chi connectivity index (χ0n) is 15.4. The summed E-state index contributed by atoms with van der Waals surface area (Å²) in [5.74, 6) is 0.419. The number of benzene rings is 2. The molecule has 4 rings (SSSR count). The van der Waals surface area contributed by atoms with E-state index in [1.807, 2.05) is 53.4 Å². The SMILES string of the molecule is NC1=NC2(CCCCC2)N(c2ccccc2C(=O)c2ccc(Br)cc2)C(N)=N1. The van der Waals surface area contributed by atoms with Crippen LogP contribution in [0.4, 0.5) is 5.69 Å². The topological polar surface area (TPSA) is 97.1 Å². The van der Waals surface area contributed by atoms with E-state index in [9.17, 15) is 4.79 Å². The third kappa shape index (κ3) is 3.30. The zero-order valence-corrected chi connectivity index (χ0v) is 17.0. The molecule has 0 unspecified atom stereocenters. The molecule has 1 spiro atoms. The van der Waals surface area contributed by atoms with E-state index >= 15 is 0 Å². The summed E-state index contributed by atoms with van der Waals surface area (Å²) in [4.78, 5) is 24.1. The van der Waals surface area contributed by atoms with Crippen molar-refractivity contribution in [3.63, 3.8) is 0 Å². The summed E-state index contributed by atoms with van der Waals surface area (Å²) < 4.78 is 0.927. The van der Waals surface area contributed by atoms with Gasteiger partial charge in [0.15, 0.2) is 5.78 Å². The van der Waals surface area contributed by atoms with Gasteiger partial charge in [0, 0.05) is 15.6 Å². The Kier molecular flexibility index (Phi) is 4.93. The van der Waals surface area contributed by atoms with Gasteiger partial charge in [-0.3, -0.25) is 9.69 Å². The van der Waals surface area contributed by atoms with Crippen LogP contribution in [0.3, 0.4) is 0 Å². The van der Waals surface area contributed by atoms with E-state index in [4.69, 9.17) is 16.5 Å². The largest absolute Gasteiger partial charge is 0.369 e. The lowest BCUT2D eigenvalue weighted by atomic mass is 9.86. The summed E-state index contributed by atoms with van der Waals surface area (Å²) in [5, 5.41) is 0. The Morgan fingerprint density at radius 3 is 2.39 bits per heavy atom. The highest BCUT2D eigenvalue weighted by molar-refractivity contribution is 9.10. The number of guanidine groups is 2. The first-order valence-electron chi connectivity index (χ1n) is 9.39. The van der Waals surface area contributed by atoms with Crippen molar-refractivity contribution in [1.82, 2.24) is 0 Å². The molecule has 0 saturated heterocycles. The zero-order chi connectivity index (χ0) is 19.7. The smallest absolute Gasteiger partial charge is 0.220 e. The van der Waals surface area contributed by atoms with Gasteiger partial charge < -0.3 is 11.5 Å².